The summed E-state index contributed by atoms with van der Waals surface area (Å²) in [5, 5.41) is 15.1. The van der Waals surface area contributed by atoms with Gasteiger partial charge in [0.15, 0.2) is 0 Å². The van der Waals surface area contributed by atoms with Crippen LogP contribution in [0.2, 0.25) is 0 Å². The third-order valence-electron chi connectivity index (χ3n) is 7.75. The number of hydrogen-bond donors (Lipinski definition) is 3. The number of carbonyl (C=O) groups is 3. The molecular formula is C38H56N4O4. The van der Waals surface area contributed by atoms with Crippen molar-refractivity contribution < 1.29 is 19.5 Å². The number of unbranched alkanes of at least 4 members (excludes halogenated alkanes) is 2. The molecule has 1 aliphatic rings. The average molecular weight is 633 g/mol. The summed E-state index contributed by atoms with van der Waals surface area (Å²) in [6.07, 6.45) is 35.1. The topological polar surface area (TPSA) is 112 Å². The minimum atomic E-state index is -1.07. The Morgan fingerprint density at radius 2 is 1.50 bits per heavy atom. The van der Waals surface area contributed by atoms with Crippen molar-refractivity contribution in [3.63, 3.8) is 0 Å². The molecule has 0 unspecified atom stereocenters. The highest BCUT2D eigenvalue weighted by molar-refractivity contribution is 5.96. The van der Waals surface area contributed by atoms with Crippen LogP contribution in [-0.2, 0) is 16.0 Å². The van der Waals surface area contributed by atoms with Crippen molar-refractivity contribution in [2.75, 3.05) is 26.2 Å². The second kappa shape index (κ2) is 25.4. The minimum Gasteiger partial charge on any atom is -0.480 e. The summed E-state index contributed by atoms with van der Waals surface area (Å²) in [5.74, 6) is -1.50. The van der Waals surface area contributed by atoms with Gasteiger partial charge in [-0.05, 0) is 102 Å². The highest BCUT2D eigenvalue weighted by Gasteiger charge is 2.20. The molecule has 2 rings (SSSR count). The fourth-order valence-corrected chi connectivity index (χ4v) is 5.02. The molecule has 1 aromatic rings. The highest BCUT2D eigenvalue weighted by atomic mass is 16.4. The first-order valence-corrected chi connectivity index (χ1v) is 17.2. The summed E-state index contributed by atoms with van der Waals surface area (Å²) in [7, 11) is 0. The van der Waals surface area contributed by atoms with Crippen LogP contribution in [0.5, 0.6) is 0 Å². The summed E-state index contributed by atoms with van der Waals surface area (Å²) >= 11 is 0. The Morgan fingerprint density at radius 3 is 2.09 bits per heavy atom. The fraction of sp³-hybridized carbons (Fsp3) is 0.526. The van der Waals surface area contributed by atoms with E-state index in [2.05, 4.69) is 88.2 Å². The van der Waals surface area contributed by atoms with Crippen LogP contribution in [0.4, 0.5) is 0 Å². The molecule has 1 aromatic heterocycles. The molecule has 0 radical (unpaired) electrons. The van der Waals surface area contributed by atoms with Gasteiger partial charge in [-0.15, -0.1) is 0 Å². The van der Waals surface area contributed by atoms with E-state index < -0.39 is 17.9 Å². The second-order valence-corrected chi connectivity index (χ2v) is 11.6. The number of carboxylic acid groups (broad SMARTS) is 1. The number of allylic oxidation sites excluding steroid dienone is 10. The lowest BCUT2D eigenvalue weighted by Gasteiger charge is -2.15. The first kappa shape index (κ1) is 38.4. The van der Waals surface area contributed by atoms with E-state index in [1.54, 1.807) is 6.07 Å². The molecule has 1 atom stereocenters. The van der Waals surface area contributed by atoms with Crippen molar-refractivity contribution in [1.82, 2.24) is 20.5 Å². The van der Waals surface area contributed by atoms with Crippen LogP contribution >= 0.6 is 0 Å². The van der Waals surface area contributed by atoms with Crippen molar-refractivity contribution in [3.05, 3.63) is 90.3 Å². The minimum absolute atomic E-state index is 0.00631. The predicted octanol–water partition coefficient (Wildman–Crippen LogP) is 7.11. The third-order valence-corrected chi connectivity index (χ3v) is 7.75. The maximum absolute atomic E-state index is 12.6. The Hall–Kier alpha value is -3.78. The average Bonchev–Trinajstić information content (AvgIpc) is 3.58. The van der Waals surface area contributed by atoms with E-state index in [-0.39, 0.29) is 5.91 Å². The SMILES string of the molecule is CCC=CCC=CCC=CCC=CCC=CCCCC(=O)NCCCC[C@H](NC(=O)c1ccc(CCN2CCCC2)nc1)C(=O)O. The van der Waals surface area contributed by atoms with Gasteiger partial charge in [-0.25, -0.2) is 4.79 Å². The van der Waals surface area contributed by atoms with Gasteiger partial charge < -0.3 is 20.6 Å². The van der Waals surface area contributed by atoms with Crippen LogP contribution in [-0.4, -0.2) is 65.0 Å². The number of nitrogens with one attached hydrogen (secondary N) is 2. The van der Waals surface area contributed by atoms with Gasteiger partial charge in [0.05, 0.1) is 5.56 Å². The Labute approximate surface area is 276 Å². The van der Waals surface area contributed by atoms with E-state index in [1.807, 2.05) is 6.07 Å². The quantitative estimate of drug-likeness (QED) is 0.0827. The Bertz CT molecular complexity index is 1150. The van der Waals surface area contributed by atoms with E-state index in [0.717, 1.165) is 76.7 Å². The molecule has 8 nitrogen and oxygen atoms in total. The van der Waals surface area contributed by atoms with E-state index in [1.165, 1.54) is 19.0 Å². The van der Waals surface area contributed by atoms with E-state index >= 15 is 0 Å². The number of aromatic nitrogens is 1. The third kappa shape index (κ3) is 18.9. The van der Waals surface area contributed by atoms with Crippen LogP contribution in [0.15, 0.2) is 79.1 Å². The molecule has 252 valence electrons. The number of rotatable bonds is 24. The van der Waals surface area contributed by atoms with Crippen LogP contribution in [0.3, 0.4) is 0 Å². The van der Waals surface area contributed by atoms with Crippen molar-refractivity contribution in [2.24, 2.45) is 0 Å². The molecule has 2 heterocycles. The van der Waals surface area contributed by atoms with E-state index in [0.29, 0.717) is 37.8 Å². The standard InChI is InChI=1S/C38H56N4O4/c1-2-3-4-5-6-7-8-9-10-11-12-13-14-15-16-17-18-24-36(43)39-28-20-19-23-35(38(45)46)41-37(44)33-25-26-34(40-32-33)27-31-42-29-21-22-30-42/h3-4,6-7,9-10,12-13,15-16,25-26,32,35H,2,5,8,11,14,17-24,27-31H2,1H3,(H,39,43)(H,41,44)(H,45,46)/t35-/m0/s1. The normalized spacial score (nSPS) is 14.8. The van der Waals surface area contributed by atoms with Gasteiger partial charge in [0.2, 0.25) is 5.91 Å². The first-order chi connectivity index (χ1) is 22.5. The molecule has 0 aliphatic carbocycles. The Balaban J connectivity index is 1.49. The van der Waals surface area contributed by atoms with E-state index in [9.17, 15) is 19.5 Å². The monoisotopic (exact) mass is 632 g/mol. The zero-order valence-corrected chi connectivity index (χ0v) is 27.9. The first-order valence-electron chi connectivity index (χ1n) is 17.2. The van der Waals surface area contributed by atoms with Gasteiger partial charge in [0.1, 0.15) is 6.04 Å². The largest absolute Gasteiger partial charge is 0.480 e. The molecule has 1 aliphatic heterocycles. The molecule has 0 saturated carbocycles. The Morgan fingerprint density at radius 1 is 0.870 bits per heavy atom. The molecular weight excluding hydrogens is 576 g/mol. The van der Waals surface area contributed by atoms with Crippen LogP contribution < -0.4 is 10.6 Å². The van der Waals surface area contributed by atoms with Crippen molar-refractivity contribution in [1.29, 1.82) is 0 Å². The number of amides is 2. The number of likely N-dealkylation sites (tertiary alicyclic amines) is 1. The van der Waals surface area contributed by atoms with Crippen molar-refractivity contribution in [3.8, 4) is 0 Å². The molecule has 3 N–H and O–H groups in total. The van der Waals surface area contributed by atoms with Crippen LogP contribution in [0.1, 0.15) is 106 Å². The zero-order valence-electron chi connectivity index (χ0n) is 27.9. The van der Waals surface area contributed by atoms with Crippen LogP contribution in [0, 0.1) is 0 Å². The van der Waals surface area contributed by atoms with Crippen molar-refractivity contribution in [2.45, 2.75) is 103 Å². The predicted molar refractivity (Wildman–Crippen MR) is 188 cm³/mol. The lowest BCUT2D eigenvalue weighted by Crippen LogP contribution is -2.40. The molecule has 0 bridgehead atoms. The summed E-state index contributed by atoms with van der Waals surface area (Å²) in [6, 6.07) is 2.56. The maximum atomic E-state index is 12.6. The number of hydrogen-bond acceptors (Lipinski definition) is 5. The van der Waals surface area contributed by atoms with Gasteiger partial charge in [-0.2, -0.15) is 0 Å². The fourth-order valence-electron chi connectivity index (χ4n) is 5.02. The lowest BCUT2D eigenvalue weighted by atomic mass is 10.1. The van der Waals surface area contributed by atoms with Crippen molar-refractivity contribution >= 4 is 17.8 Å². The molecule has 8 heteroatoms. The van der Waals surface area contributed by atoms with Gasteiger partial charge in [-0.1, -0.05) is 67.7 Å². The van der Waals surface area contributed by atoms with Gasteiger partial charge in [-0.3, -0.25) is 14.6 Å². The number of carbonyl (C=O) groups excluding carboxylic acids is 2. The van der Waals surface area contributed by atoms with Gasteiger partial charge >= 0.3 is 5.97 Å². The molecule has 0 spiro atoms. The van der Waals surface area contributed by atoms with Crippen LogP contribution in [0.25, 0.3) is 0 Å². The second-order valence-electron chi connectivity index (χ2n) is 11.6. The summed E-state index contributed by atoms with van der Waals surface area (Å²) in [6.45, 7) is 5.86. The summed E-state index contributed by atoms with van der Waals surface area (Å²) in [5.41, 5.74) is 1.28. The smallest absolute Gasteiger partial charge is 0.326 e. The maximum Gasteiger partial charge on any atom is 0.326 e. The summed E-state index contributed by atoms with van der Waals surface area (Å²) < 4.78 is 0. The lowest BCUT2D eigenvalue weighted by molar-refractivity contribution is -0.139. The zero-order chi connectivity index (χ0) is 33.1. The molecule has 46 heavy (non-hydrogen) atoms. The number of aliphatic carboxylic acids is 1. The van der Waals surface area contributed by atoms with Gasteiger partial charge in [0, 0.05) is 37.8 Å². The highest BCUT2D eigenvalue weighted by Crippen LogP contribution is 2.10. The van der Waals surface area contributed by atoms with Gasteiger partial charge in [0.25, 0.3) is 5.91 Å². The number of nitrogens with zero attached hydrogens (tertiary/aromatic N) is 2. The summed E-state index contributed by atoms with van der Waals surface area (Å²) in [4.78, 5) is 43.3. The van der Waals surface area contributed by atoms with E-state index in [4.69, 9.17) is 0 Å². The number of pyridine rings is 1. The number of carboxylic acids is 1. The molecule has 2 amide bonds. The molecule has 1 fully saturated rings. The molecule has 0 aromatic carbocycles. The Kier molecular flexibility index (Phi) is 21.2. The molecule has 1 saturated heterocycles.